The molecule has 0 aliphatic carbocycles. The Bertz CT molecular complexity index is 460. The molecule has 1 nitrogen and oxygen atoms in total. The number of hydrogen-bond acceptors (Lipinski definition) is 1. The average Bonchev–Trinajstić information content (AvgIpc) is 2.29. The molecule has 0 spiro atoms. The van der Waals surface area contributed by atoms with Crippen molar-refractivity contribution in [1.82, 2.24) is 0 Å². The minimum atomic E-state index is 0.718. The number of nitrogens with two attached hydrogens (primary N) is 1. The molecule has 0 saturated heterocycles. The van der Waals surface area contributed by atoms with Crippen molar-refractivity contribution in [3.8, 4) is 0 Å². The molecule has 2 aromatic carbocycles. The normalized spacial score (nSPS) is 10.8. The van der Waals surface area contributed by atoms with E-state index in [1.165, 1.54) is 21.9 Å². The molecular weight excluding hydrogens is 182 g/mol. The summed E-state index contributed by atoms with van der Waals surface area (Å²) >= 11 is 0. The molecule has 0 heterocycles. The maximum atomic E-state index is 5.62. The van der Waals surface area contributed by atoms with Gasteiger partial charge in [0.1, 0.15) is 0 Å². The smallest absolute Gasteiger partial charge is 0.00365 e. The Hall–Kier alpha value is -1.34. The molecule has 0 amide bonds. The lowest BCUT2D eigenvalue weighted by Crippen LogP contribution is -2.03. The van der Waals surface area contributed by atoms with Crippen molar-refractivity contribution >= 4 is 10.8 Å². The Morgan fingerprint density at radius 2 is 2.00 bits per heavy atom. The standard InChI is InChI=1S/C14H17N/c1-2-11-6-7-12-4-3-5-13(8-9-15)14(12)10-11/h3-7,10H,2,8-9,15H2,1H3. The summed E-state index contributed by atoms with van der Waals surface area (Å²) in [6, 6.07) is 13.1. The molecule has 1 heteroatoms. The zero-order valence-corrected chi connectivity index (χ0v) is 9.16. The van der Waals surface area contributed by atoms with Crippen LogP contribution < -0.4 is 5.73 Å². The first-order valence-corrected chi connectivity index (χ1v) is 5.55. The van der Waals surface area contributed by atoms with Gasteiger partial charge >= 0.3 is 0 Å². The van der Waals surface area contributed by atoms with Crippen molar-refractivity contribution in [2.24, 2.45) is 5.73 Å². The lowest BCUT2D eigenvalue weighted by Gasteiger charge is -2.07. The van der Waals surface area contributed by atoms with Gasteiger partial charge in [-0.2, -0.15) is 0 Å². The Morgan fingerprint density at radius 3 is 2.73 bits per heavy atom. The number of hydrogen-bond donors (Lipinski definition) is 1. The summed E-state index contributed by atoms with van der Waals surface area (Å²) in [6.07, 6.45) is 2.05. The Kier molecular flexibility index (Phi) is 3.02. The van der Waals surface area contributed by atoms with Gasteiger partial charge in [0.25, 0.3) is 0 Å². The molecule has 0 atom stereocenters. The van der Waals surface area contributed by atoms with E-state index >= 15 is 0 Å². The van der Waals surface area contributed by atoms with E-state index in [0.29, 0.717) is 0 Å². The molecule has 0 unspecified atom stereocenters. The fourth-order valence-corrected chi connectivity index (χ4v) is 1.98. The zero-order chi connectivity index (χ0) is 10.7. The number of rotatable bonds is 3. The van der Waals surface area contributed by atoms with Gasteiger partial charge in [-0.05, 0) is 41.3 Å². The fraction of sp³-hybridized carbons (Fsp3) is 0.286. The summed E-state index contributed by atoms with van der Waals surface area (Å²) < 4.78 is 0. The van der Waals surface area contributed by atoms with Gasteiger partial charge < -0.3 is 5.73 Å². The zero-order valence-electron chi connectivity index (χ0n) is 9.16. The number of benzene rings is 2. The van der Waals surface area contributed by atoms with Crippen LogP contribution in [0.1, 0.15) is 18.1 Å². The summed E-state index contributed by atoms with van der Waals surface area (Å²) in [4.78, 5) is 0. The molecule has 78 valence electrons. The predicted molar refractivity (Wildman–Crippen MR) is 66.1 cm³/mol. The van der Waals surface area contributed by atoms with E-state index < -0.39 is 0 Å². The van der Waals surface area contributed by atoms with Crippen molar-refractivity contribution in [2.45, 2.75) is 19.8 Å². The maximum Gasteiger partial charge on any atom is -0.00365 e. The molecule has 0 aliphatic rings. The molecule has 0 fully saturated rings. The van der Waals surface area contributed by atoms with E-state index in [9.17, 15) is 0 Å². The summed E-state index contributed by atoms with van der Waals surface area (Å²) in [6.45, 7) is 2.90. The highest BCUT2D eigenvalue weighted by molar-refractivity contribution is 5.86. The highest BCUT2D eigenvalue weighted by Crippen LogP contribution is 2.21. The molecule has 2 N–H and O–H groups in total. The third kappa shape index (κ3) is 2.02. The molecular formula is C14H17N. The van der Waals surface area contributed by atoms with Crippen molar-refractivity contribution in [1.29, 1.82) is 0 Å². The summed E-state index contributed by atoms with van der Waals surface area (Å²) in [5.74, 6) is 0. The van der Waals surface area contributed by atoms with E-state index in [2.05, 4.69) is 43.3 Å². The minimum Gasteiger partial charge on any atom is -0.330 e. The second-order valence-corrected chi connectivity index (χ2v) is 3.86. The highest BCUT2D eigenvalue weighted by Gasteiger charge is 2.00. The van der Waals surface area contributed by atoms with Crippen LogP contribution in [-0.4, -0.2) is 6.54 Å². The molecule has 0 radical (unpaired) electrons. The van der Waals surface area contributed by atoms with E-state index in [1.807, 2.05) is 0 Å². The van der Waals surface area contributed by atoms with Crippen LogP contribution >= 0.6 is 0 Å². The summed E-state index contributed by atoms with van der Waals surface area (Å²) in [7, 11) is 0. The minimum absolute atomic E-state index is 0.718. The Balaban J connectivity index is 2.59. The van der Waals surface area contributed by atoms with Gasteiger partial charge in [0.15, 0.2) is 0 Å². The fourth-order valence-electron chi connectivity index (χ4n) is 1.98. The van der Waals surface area contributed by atoms with Crippen LogP contribution in [0.5, 0.6) is 0 Å². The van der Waals surface area contributed by atoms with Crippen molar-refractivity contribution < 1.29 is 0 Å². The lowest BCUT2D eigenvalue weighted by molar-refractivity contribution is 0.977. The van der Waals surface area contributed by atoms with E-state index in [1.54, 1.807) is 0 Å². The molecule has 2 aromatic rings. The Labute approximate surface area is 90.9 Å². The van der Waals surface area contributed by atoms with Crippen LogP contribution in [0.4, 0.5) is 0 Å². The van der Waals surface area contributed by atoms with Crippen LogP contribution in [0.3, 0.4) is 0 Å². The van der Waals surface area contributed by atoms with E-state index in [4.69, 9.17) is 5.73 Å². The van der Waals surface area contributed by atoms with Gasteiger partial charge in [0.2, 0.25) is 0 Å². The van der Waals surface area contributed by atoms with Crippen molar-refractivity contribution in [3.05, 3.63) is 47.5 Å². The van der Waals surface area contributed by atoms with Crippen LogP contribution in [-0.2, 0) is 12.8 Å². The molecule has 0 saturated carbocycles. The Morgan fingerprint density at radius 1 is 1.13 bits per heavy atom. The summed E-state index contributed by atoms with van der Waals surface area (Å²) in [5.41, 5.74) is 8.38. The van der Waals surface area contributed by atoms with Gasteiger partial charge in [0.05, 0.1) is 0 Å². The average molecular weight is 199 g/mol. The molecule has 2 rings (SSSR count). The van der Waals surface area contributed by atoms with Crippen LogP contribution in [0.15, 0.2) is 36.4 Å². The number of fused-ring (bicyclic) bond motifs is 1. The first kappa shape index (κ1) is 10.2. The van der Waals surface area contributed by atoms with Gasteiger partial charge in [-0.25, -0.2) is 0 Å². The van der Waals surface area contributed by atoms with Gasteiger partial charge in [-0.3, -0.25) is 0 Å². The van der Waals surface area contributed by atoms with Gasteiger partial charge in [0, 0.05) is 0 Å². The number of aryl methyl sites for hydroxylation is 1. The topological polar surface area (TPSA) is 26.0 Å². The summed E-state index contributed by atoms with van der Waals surface area (Å²) in [5, 5.41) is 2.68. The van der Waals surface area contributed by atoms with Gasteiger partial charge in [-0.15, -0.1) is 0 Å². The van der Waals surface area contributed by atoms with E-state index in [0.717, 1.165) is 19.4 Å². The second-order valence-electron chi connectivity index (χ2n) is 3.86. The second kappa shape index (κ2) is 4.45. The molecule has 0 bridgehead atoms. The third-order valence-corrected chi connectivity index (χ3v) is 2.86. The van der Waals surface area contributed by atoms with Crippen LogP contribution in [0.2, 0.25) is 0 Å². The van der Waals surface area contributed by atoms with Gasteiger partial charge in [-0.1, -0.05) is 43.3 Å². The largest absolute Gasteiger partial charge is 0.330 e. The molecule has 0 aromatic heterocycles. The monoisotopic (exact) mass is 199 g/mol. The lowest BCUT2D eigenvalue weighted by atomic mass is 9.99. The first-order valence-electron chi connectivity index (χ1n) is 5.55. The maximum absolute atomic E-state index is 5.62. The molecule has 0 aliphatic heterocycles. The quantitative estimate of drug-likeness (QED) is 0.808. The van der Waals surface area contributed by atoms with Crippen molar-refractivity contribution in [2.75, 3.05) is 6.54 Å². The van der Waals surface area contributed by atoms with Crippen molar-refractivity contribution in [3.63, 3.8) is 0 Å². The molecule has 15 heavy (non-hydrogen) atoms. The van der Waals surface area contributed by atoms with Crippen LogP contribution in [0, 0.1) is 0 Å². The highest BCUT2D eigenvalue weighted by atomic mass is 14.5. The predicted octanol–water partition coefficient (Wildman–Crippen LogP) is 2.90. The third-order valence-electron chi connectivity index (χ3n) is 2.86. The van der Waals surface area contributed by atoms with Crippen LogP contribution in [0.25, 0.3) is 10.8 Å². The van der Waals surface area contributed by atoms with E-state index in [-0.39, 0.29) is 0 Å². The first-order chi connectivity index (χ1) is 7.35. The SMILES string of the molecule is CCc1ccc2cccc(CCN)c2c1.